The molecule has 0 atom stereocenters. The van der Waals surface area contributed by atoms with Crippen LogP contribution in [-0.2, 0) is 11.2 Å². The summed E-state index contributed by atoms with van der Waals surface area (Å²) >= 11 is 0. The van der Waals surface area contributed by atoms with Gasteiger partial charge in [-0.15, -0.1) is 0 Å². The molecule has 3 aliphatic heterocycles. The van der Waals surface area contributed by atoms with Gasteiger partial charge in [-0.1, -0.05) is 12.4 Å². The highest BCUT2D eigenvalue weighted by Crippen LogP contribution is 2.38. The molecule has 10 heteroatoms. The van der Waals surface area contributed by atoms with Gasteiger partial charge in [0.2, 0.25) is 5.91 Å². The van der Waals surface area contributed by atoms with Crippen LogP contribution < -0.4 is 19.8 Å². The van der Waals surface area contributed by atoms with E-state index in [1.54, 1.807) is 11.0 Å². The smallest absolute Gasteiger partial charge is 0.430 e. The van der Waals surface area contributed by atoms with Crippen molar-refractivity contribution in [3.8, 4) is 11.5 Å². The lowest BCUT2D eigenvalue weighted by Crippen LogP contribution is -2.56. The molecule has 0 bridgehead atoms. The van der Waals surface area contributed by atoms with Crippen LogP contribution in [0, 0.1) is 5.92 Å². The minimum atomic E-state index is -3.10. The number of amides is 1. The highest BCUT2D eigenvalue weighted by atomic mass is 16.6. The number of aromatic carboxylic acids is 1. The Balaban J connectivity index is 1.39. The van der Waals surface area contributed by atoms with Crippen molar-refractivity contribution in [2.24, 2.45) is 5.92 Å². The molecule has 9 nitrogen and oxygen atoms in total. The van der Waals surface area contributed by atoms with Crippen LogP contribution >= 0.6 is 0 Å². The second kappa shape index (κ2) is 7.85. The van der Waals surface area contributed by atoms with Gasteiger partial charge in [0.25, 0.3) is 0 Å². The van der Waals surface area contributed by atoms with E-state index in [1.807, 2.05) is 0 Å². The molecule has 1 aromatic rings. The molecule has 29 heavy (non-hydrogen) atoms. The molecule has 0 unspecified atom stereocenters. The van der Waals surface area contributed by atoms with E-state index < -0.39 is 12.7 Å². The molecule has 0 aliphatic carbocycles. The molecule has 0 radical (unpaired) electrons. The van der Waals surface area contributed by atoms with E-state index in [-0.39, 0.29) is 41.8 Å². The number of hydrogen-bond donors (Lipinski definition) is 3. The first kappa shape index (κ1) is 20.0. The van der Waals surface area contributed by atoms with E-state index in [0.29, 0.717) is 31.0 Å². The number of carbonyl (C=O) groups excluding carboxylic acids is 2. The molecular weight excluding hydrogens is 379 g/mol. The predicted molar refractivity (Wildman–Crippen MR) is 101 cm³/mol. The molecule has 0 spiro atoms. The van der Waals surface area contributed by atoms with E-state index in [9.17, 15) is 24.7 Å². The molecule has 158 valence electrons. The van der Waals surface area contributed by atoms with Crippen molar-refractivity contribution in [3.05, 3.63) is 23.3 Å². The summed E-state index contributed by atoms with van der Waals surface area (Å²) in [5.74, 6) is -1.07. The second-order valence-electron chi connectivity index (χ2n) is 8.17. The molecular formula is C19H25BN2O7-2. The van der Waals surface area contributed by atoms with Gasteiger partial charge in [0.05, 0.1) is 30.4 Å². The zero-order chi connectivity index (χ0) is 20.6. The monoisotopic (exact) mass is 404 g/mol. The van der Waals surface area contributed by atoms with Crippen LogP contribution in [0.2, 0.25) is 6.32 Å². The van der Waals surface area contributed by atoms with E-state index >= 15 is 0 Å². The Morgan fingerprint density at radius 2 is 2.00 bits per heavy atom. The maximum absolute atomic E-state index is 12.4. The summed E-state index contributed by atoms with van der Waals surface area (Å²) in [6, 6.07) is 3.18. The number of carboxylic acids is 1. The van der Waals surface area contributed by atoms with Gasteiger partial charge in [0.1, 0.15) is 11.9 Å². The minimum Gasteiger partial charge on any atom is -0.669 e. The summed E-state index contributed by atoms with van der Waals surface area (Å²) in [5.41, 5.74) is 0.237. The number of aryl methyl sites for hydroxylation is 1. The van der Waals surface area contributed by atoms with Crippen molar-refractivity contribution >= 4 is 18.6 Å². The van der Waals surface area contributed by atoms with Gasteiger partial charge < -0.3 is 39.6 Å². The fraction of sp³-hybridized carbons (Fsp3) is 0.579. The SMILES string of the molecule is O=C([O-])c1c(OC2CN(C(=O)CC3CCNCC3)C2)ccc2c1O[B-](O)(O)CC2. The van der Waals surface area contributed by atoms with Crippen molar-refractivity contribution in [2.45, 2.75) is 38.1 Å². The van der Waals surface area contributed by atoms with Gasteiger partial charge in [-0.2, -0.15) is 0 Å². The molecule has 4 rings (SSSR count). The number of nitrogens with one attached hydrogen (secondary N) is 1. The summed E-state index contributed by atoms with van der Waals surface area (Å²) in [4.78, 5) is 25.8. The summed E-state index contributed by atoms with van der Waals surface area (Å²) in [7, 11) is 0. The Labute approximate surface area is 168 Å². The fourth-order valence-electron chi connectivity index (χ4n) is 4.18. The average Bonchev–Trinajstić information content (AvgIpc) is 2.63. The lowest BCUT2D eigenvalue weighted by Gasteiger charge is -2.41. The standard InChI is InChI=1S/C19H26BN2O7/c23-16(9-12-4-7-21-8-5-12)22-10-14(11-22)28-15-2-1-13-3-6-20(26,27)29-18(13)17(15)19(24)25/h1-2,12,14,21,26-27H,3-11H2,(H,24,25)/q-1/p-1. The van der Waals surface area contributed by atoms with E-state index in [2.05, 4.69) is 5.32 Å². The van der Waals surface area contributed by atoms with Crippen molar-refractivity contribution in [1.29, 1.82) is 0 Å². The van der Waals surface area contributed by atoms with Gasteiger partial charge in [-0.05, 0) is 49.9 Å². The Bertz CT molecular complexity index is 804. The zero-order valence-corrected chi connectivity index (χ0v) is 16.1. The van der Waals surface area contributed by atoms with Crippen LogP contribution in [0.3, 0.4) is 0 Å². The number of benzene rings is 1. The summed E-state index contributed by atoms with van der Waals surface area (Å²) in [6.45, 7) is -0.430. The molecule has 3 heterocycles. The number of ether oxygens (including phenoxy) is 1. The number of nitrogens with zero attached hydrogens (tertiary/aromatic N) is 1. The highest BCUT2D eigenvalue weighted by molar-refractivity contribution is 6.59. The third-order valence-electron chi connectivity index (χ3n) is 5.92. The molecule has 0 aromatic heterocycles. The number of carboxylic acid groups (broad SMARTS) is 1. The van der Waals surface area contributed by atoms with Crippen molar-refractivity contribution in [2.75, 3.05) is 26.2 Å². The van der Waals surface area contributed by atoms with Crippen molar-refractivity contribution in [1.82, 2.24) is 10.2 Å². The van der Waals surface area contributed by atoms with Gasteiger partial charge >= 0.3 is 6.75 Å². The summed E-state index contributed by atoms with van der Waals surface area (Å²) in [5, 5.41) is 34.5. The topological polar surface area (TPSA) is 131 Å². The molecule has 3 N–H and O–H groups in total. The first-order chi connectivity index (χ1) is 13.8. The lowest BCUT2D eigenvalue weighted by atomic mass is 9.70. The highest BCUT2D eigenvalue weighted by Gasteiger charge is 2.35. The van der Waals surface area contributed by atoms with Crippen LogP contribution in [0.25, 0.3) is 0 Å². The van der Waals surface area contributed by atoms with Crippen LogP contribution in [0.15, 0.2) is 12.1 Å². The van der Waals surface area contributed by atoms with Crippen LogP contribution in [0.1, 0.15) is 35.2 Å². The first-order valence-electron chi connectivity index (χ1n) is 10.1. The van der Waals surface area contributed by atoms with Crippen LogP contribution in [0.5, 0.6) is 11.5 Å². The molecule has 0 saturated carbocycles. The maximum Gasteiger partial charge on any atom is 0.430 e. The fourth-order valence-corrected chi connectivity index (χ4v) is 4.18. The third-order valence-corrected chi connectivity index (χ3v) is 5.92. The van der Waals surface area contributed by atoms with E-state index in [1.165, 1.54) is 6.07 Å². The first-order valence-corrected chi connectivity index (χ1v) is 10.1. The molecule has 1 amide bonds. The Hall–Kier alpha value is -2.30. The van der Waals surface area contributed by atoms with Crippen molar-refractivity contribution < 1.29 is 34.1 Å². The second-order valence-corrected chi connectivity index (χ2v) is 8.17. The Morgan fingerprint density at radius 1 is 1.28 bits per heavy atom. The third kappa shape index (κ3) is 4.34. The van der Waals surface area contributed by atoms with Gasteiger partial charge in [0, 0.05) is 6.42 Å². The van der Waals surface area contributed by atoms with Gasteiger partial charge in [-0.25, -0.2) is 0 Å². The molecule has 2 fully saturated rings. The average molecular weight is 404 g/mol. The maximum atomic E-state index is 12.4. The van der Waals surface area contributed by atoms with Gasteiger partial charge in [-0.3, -0.25) is 4.79 Å². The summed E-state index contributed by atoms with van der Waals surface area (Å²) in [6.07, 6.45) is 2.49. The van der Waals surface area contributed by atoms with E-state index in [4.69, 9.17) is 9.39 Å². The Kier molecular flexibility index (Phi) is 5.41. The number of carbonyl (C=O) groups is 2. The van der Waals surface area contributed by atoms with Crippen LogP contribution in [0.4, 0.5) is 0 Å². The largest absolute Gasteiger partial charge is 0.669 e. The minimum absolute atomic E-state index is 0.00353. The molecule has 1 aromatic carbocycles. The number of likely N-dealkylation sites (tertiary alicyclic amines) is 1. The van der Waals surface area contributed by atoms with E-state index in [0.717, 1.165) is 25.9 Å². The molecule has 2 saturated heterocycles. The molecule has 3 aliphatic rings. The normalized spacial score (nSPS) is 21.7. The number of fused-ring (bicyclic) bond motifs is 1. The van der Waals surface area contributed by atoms with Gasteiger partial charge in [0.15, 0.2) is 0 Å². The number of piperidine rings is 1. The quantitative estimate of drug-likeness (QED) is 0.527. The lowest BCUT2D eigenvalue weighted by molar-refractivity contribution is -0.255. The number of hydrogen-bond acceptors (Lipinski definition) is 8. The Morgan fingerprint density at radius 3 is 2.69 bits per heavy atom. The van der Waals surface area contributed by atoms with Crippen LogP contribution in [-0.4, -0.2) is 65.9 Å². The number of rotatable bonds is 5. The zero-order valence-electron chi connectivity index (χ0n) is 16.1. The predicted octanol–water partition coefficient (Wildman–Crippen LogP) is -1.11. The summed E-state index contributed by atoms with van der Waals surface area (Å²) < 4.78 is 10.9. The van der Waals surface area contributed by atoms with Crippen molar-refractivity contribution in [3.63, 3.8) is 0 Å².